The number of aryl methyl sites for hydroxylation is 2. The fourth-order valence-corrected chi connectivity index (χ4v) is 2.63. The zero-order valence-electron chi connectivity index (χ0n) is 12.3. The number of rotatable bonds is 5. The lowest BCUT2D eigenvalue weighted by molar-refractivity contribution is 0.305. The Morgan fingerprint density at radius 2 is 1.81 bits per heavy atom. The van der Waals surface area contributed by atoms with Gasteiger partial charge in [-0.3, -0.25) is 0 Å². The Bertz CT molecular complexity index is 640. The van der Waals surface area contributed by atoms with Gasteiger partial charge < -0.3 is 4.74 Å². The van der Waals surface area contributed by atoms with Crippen LogP contribution in [-0.2, 0) is 0 Å². The maximum atomic E-state index is 9.33. The number of hydrogen-bond donors (Lipinski definition) is 0. The minimum Gasteiger partial charge on any atom is -0.494 e. The molecule has 0 radical (unpaired) electrons. The van der Waals surface area contributed by atoms with Crippen molar-refractivity contribution in [3.05, 3.63) is 64.2 Å². The lowest BCUT2D eigenvalue weighted by Crippen LogP contribution is -2.05. The summed E-state index contributed by atoms with van der Waals surface area (Å²) >= 11 is 6.14. The van der Waals surface area contributed by atoms with Gasteiger partial charge in [0.25, 0.3) is 0 Å². The highest BCUT2D eigenvalue weighted by Crippen LogP contribution is 2.27. The predicted octanol–water partition coefficient (Wildman–Crippen LogP) is 5.03. The summed E-state index contributed by atoms with van der Waals surface area (Å²) < 4.78 is 5.77. The molecule has 0 N–H and O–H groups in total. The minimum atomic E-state index is -0.246. The fraction of sp³-hybridized carbons (Fsp3) is 0.278. The van der Waals surface area contributed by atoms with E-state index in [1.807, 2.05) is 50.2 Å². The monoisotopic (exact) mass is 299 g/mol. The smallest absolute Gasteiger partial charge is 0.119 e. The van der Waals surface area contributed by atoms with E-state index in [9.17, 15) is 5.26 Å². The first-order chi connectivity index (χ1) is 10.1. The number of ether oxygens (including phenoxy) is 1. The Labute approximate surface area is 130 Å². The molecule has 2 aromatic carbocycles. The Hall–Kier alpha value is -1.98. The van der Waals surface area contributed by atoms with E-state index in [1.165, 1.54) is 11.1 Å². The summed E-state index contributed by atoms with van der Waals surface area (Å²) in [6, 6.07) is 15.9. The van der Waals surface area contributed by atoms with E-state index in [0.717, 1.165) is 11.3 Å². The Morgan fingerprint density at radius 3 is 2.43 bits per heavy atom. The molecule has 0 amide bonds. The van der Waals surface area contributed by atoms with E-state index in [1.54, 1.807) is 0 Å². The third kappa shape index (κ3) is 4.24. The second-order valence-electron chi connectivity index (χ2n) is 5.16. The topological polar surface area (TPSA) is 33.0 Å². The molecule has 2 rings (SSSR count). The van der Waals surface area contributed by atoms with Crippen molar-refractivity contribution in [2.75, 3.05) is 6.61 Å². The van der Waals surface area contributed by atoms with Crippen molar-refractivity contribution in [3.63, 3.8) is 0 Å². The van der Waals surface area contributed by atoms with Crippen LogP contribution < -0.4 is 4.74 Å². The molecule has 108 valence electrons. The molecular formula is C18H18ClNO. The van der Waals surface area contributed by atoms with Crippen molar-refractivity contribution in [2.24, 2.45) is 0 Å². The molecule has 0 spiro atoms. The van der Waals surface area contributed by atoms with E-state index in [0.29, 0.717) is 18.1 Å². The average Bonchev–Trinajstić information content (AvgIpc) is 2.44. The molecule has 1 unspecified atom stereocenters. The normalized spacial score (nSPS) is 11.7. The molecule has 21 heavy (non-hydrogen) atoms. The van der Waals surface area contributed by atoms with Crippen molar-refractivity contribution in [1.29, 1.82) is 5.26 Å². The summed E-state index contributed by atoms with van der Waals surface area (Å²) in [6.45, 7) is 4.58. The molecule has 0 aliphatic heterocycles. The summed E-state index contributed by atoms with van der Waals surface area (Å²) in [4.78, 5) is 0. The largest absolute Gasteiger partial charge is 0.494 e. The Balaban J connectivity index is 1.98. The quantitative estimate of drug-likeness (QED) is 0.775. The van der Waals surface area contributed by atoms with Gasteiger partial charge in [0.1, 0.15) is 5.75 Å². The van der Waals surface area contributed by atoms with Gasteiger partial charge in [0.05, 0.1) is 18.6 Å². The molecule has 1 atom stereocenters. The number of halogens is 1. The fourth-order valence-electron chi connectivity index (χ4n) is 2.36. The molecule has 0 bridgehead atoms. The summed E-state index contributed by atoms with van der Waals surface area (Å²) in [5.74, 6) is 0.605. The van der Waals surface area contributed by atoms with Crippen LogP contribution in [0.5, 0.6) is 5.75 Å². The first kappa shape index (κ1) is 15.4. The van der Waals surface area contributed by atoms with Gasteiger partial charge in [-0.05, 0) is 48.7 Å². The van der Waals surface area contributed by atoms with Crippen LogP contribution in [0.2, 0.25) is 5.02 Å². The zero-order valence-corrected chi connectivity index (χ0v) is 13.0. The van der Waals surface area contributed by atoms with Crippen molar-refractivity contribution in [1.82, 2.24) is 0 Å². The van der Waals surface area contributed by atoms with E-state index in [2.05, 4.69) is 12.1 Å². The zero-order chi connectivity index (χ0) is 15.2. The van der Waals surface area contributed by atoms with Gasteiger partial charge in [-0.15, -0.1) is 0 Å². The average molecular weight is 300 g/mol. The Morgan fingerprint density at radius 1 is 1.14 bits per heavy atom. The van der Waals surface area contributed by atoms with E-state index >= 15 is 0 Å². The molecule has 3 heteroatoms. The maximum absolute atomic E-state index is 9.33. The van der Waals surface area contributed by atoms with Gasteiger partial charge >= 0.3 is 0 Å². The van der Waals surface area contributed by atoms with Crippen molar-refractivity contribution in [3.8, 4) is 11.8 Å². The first-order valence-corrected chi connectivity index (χ1v) is 7.33. The molecule has 0 aliphatic carbocycles. The van der Waals surface area contributed by atoms with E-state index < -0.39 is 0 Å². The van der Waals surface area contributed by atoms with Gasteiger partial charge in [0, 0.05) is 11.4 Å². The minimum absolute atomic E-state index is 0.246. The van der Waals surface area contributed by atoms with Gasteiger partial charge in [-0.1, -0.05) is 35.9 Å². The van der Waals surface area contributed by atoms with Crippen molar-refractivity contribution >= 4 is 11.6 Å². The van der Waals surface area contributed by atoms with Crippen LogP contribution in [0.15, 0.2) is 42.5 Å². The van der Waals surface area contributed by atoms with Gasteiger partial charge in [-0.25, -0.2) is 0 Å². The molecule has 0 saturated carbocycles. The number of nitrogens with zero attached hydrogens (tertiary/aromatic N) is 1. The lowest BCUT2D eigenvalue weighted by atomic mass is 9.98. The second kappa shape index (κ2) is 7.15. The van der Waals surface area contributed by atoms with Crippen LogP contribution in [0.3, 0.4) is 0 Å². The highest BCUT2D eigenvalue weighted by atomic mass is 35.5. The van der Waals surface area contributed by atoms with E-state index in [-0.39, 0.29) is 5.92 Å². The molecule has 0 fully saturated rings. The molecule has 2 aromatic rings. The first-order valence-electron chi connectivity index (χ1n) is 6.95. The maximum Gasteiger partial charge on any atom is 0.119 e. The highest BCUT2D eigenvalue weighted by Gasteiger charge is 2.13. The standard InChI is InChI=1S/C18H18ClNO/c1-13-9-14(2)11-16(10-13)21-8-7-15(12-20)17-5-3-4-6-18(17)19/h3-6,9-11,15H,7-8H2,1-2H3. The summed E-state index contributed by atoms with van der Waals surface area (Å²) in [5.41, 5.74) is 3.21. The molecular weight excluding hydrogens is 282 g/mol. The third-order valence-electron chi connectivity index (χ3n) is 3.31. The second-order valence-corrected chi connectivity index (χ2v) is 5.57. The van der Waals surface area contributed by atoms with Gasteiger partial charge in [0.15, 0.2) is 0 Å². The van der Waals surface area contributed by atoms with Crippen LogP contribution in [-0.4, -0.2) is 6.61 Å². The lowest BCUT2D eigenvalue weighted by Gasteiger charge is -2.13. The SMILES string of the molecule is Cc1cc(C)cc(OCCC(C#N)c2ccccc2Cl)c1. The number of nitriles is 1. The molecule has 0 aromatic heterocycles. The van der Waals surface area contributed by atoms with Gasteiger partial charge in [-0.2, -0.15) is 5.26 Å². The van der Waals surface area contributed by atoms with Gasteiger partial charge in [0.2, 0.25) is 0 Å². The van der Waals surface area contributed by atoms with Crippen molar-refractivity contribution < 1.29 is 4.74 Å². The molecule has 0 heterocycles. The third-order valence-corrected chi connectivity index (χ3v) is 3.65. The molecule has 0 aliphatic rings. The number of hydrogen-bond acceptors (Lipinski definition) is 2. The molecule has 0 saturated heterocycles. The summed E-state index contributed by atoms with van der Waals surface area (Å²) in [5, 5.41) is 9.96. The van der Waals surface area contributed by atoms with Crippen LogP contribution in [0.25, 0.3) is 0 Å². The van der Waals surface area contributed by atoms with E-state index in [4.69, 9.17) is 16.3 Å². The van der Waals surface area contributed by atoms with Crippen LogP contribution in [0, 0.1) is 25.2 Å². The van der Waals surface area contributed by atoms with Crippen LogP contribution in [0.1, 0.15) is 29.0 Å². The Kier molecular flexibility index (Phi) is 5.25. The van der Waals surface area contributed by atoms with Crippen LogP contribution >= 0.6 is 11.6 Å². The number of benzene rings is 2. The van der Waals surface area contributed by atoms with Crippen LogP contribution in [0.4, 0.5) is 0 Å². The summed E-state index contributed by atoms with van der Waals surface area (Å²) in [6.07, 6.45) is 0.618. The highest BCUT2D eigenvalue weighted by molar-refractivity contribution is 6.31. The molecule has 2 nitrogen and oxygen atoms in total. The van der Waals surface area contributed by atoms with Crippen molar-refractivity contribution in [2.45, 2.75) is 26.2 Å². The predicted molar refractivity (Wildman–Crippen MR) is 85.8 cm³/mol. The summed E-state index contributed by atoms with van der Waals surface area (Å²) in [7, 11) is 0.